The second-order valence-electron chi connectivity index (χ2n) is 3.36. The summed E-state index contributed by atoms with van der Waals surface area (Å²) < 4.78 is 0. The Morgan fingerprint density at radius 1 is 1.07 bits per heavy atom. The van der Waals surface area contributed by atoms with E-state index in [1.807, 2.05) is 0 Å². The quantitative estimate of drug-likeness (QED) is 0.509. The van der Waals surface area contributed by atoms with E-state index in [9.17, 15) is 14.4 Å². The zero-order valence-electron chi connectivity index (χ0n) is 8.11. The second kappa shape index (κ2) is 3.28. The molecule has 0 saturated carbocycles. The number of hydrogen-bond donors (Lipinski definition) is 0. The highest BCUT2D eigenvalue weighted by atomic mass is 16.2. The maximum absolute atomic E-state index is 11.6. The molecule has 0 N–H and O–H groups in total. The number of carbonyl (C=O) groups is 3. The number of allylic oxidation sites excluding steroid dienone is 1. The molecule has 0 unspecified atom stereocenters. The van der Waals surface area contributed by atoms with Crippen molar-refractivity contribution in [1.82, 2.24) is 0 Å². The van der Waals surface area contributed by atoms with E-state index in [1.54, 1.807) is 24.3 Å². The van der Waals surface area contributed by atoms with E-state index in [-0.39, 0.29) is 11.4 Å². The monoisotopic (exact) mass is 200 g/mol. The second-order valence-corrected chi connectivity index (χ2v) is 3.36. The molecule has 3 heteroatoms. The van der Waals surface area contributed by atoms with Crippen LogP contribution >= 0.6 is 0 Å². The maximum Gasteiger partial charge on any atom is 0.237 e. The fourth-order valence-electron chi connectivity index (χ4n) is 1.56. The molecule has 0 radical (unpaired) electrons. The van der Waals surface area contributed by atoms with Gasteiger partial charge in [0, 0.05) is 5.56 Å². The van der Waals surface area contributed by atoms with Crippen LogP contribution in [0.3, 0.4) is 0 Å². The first-order valence-electron chi connectivity index (χ1n) is 4.52. The van der Waals surface area contributed by atoms with Gasteiger partial charge < -0.3 is 0 Å². The van der Waals surface area contributed by atoms with Crippen LogP contribution in [0.25, 0.3) is 6.08 Å². The molecule has 3 nitrogen and oxygen atoms in total. The zero-order chi connectivity index (χ0) is 11.0. The van der Waals surface area contributed by atoms with Crippen molar-refractivity contribution in [3.05, 3.63) is 41.0 Å². The molecule has 0 atom stereocenters. The van der Waals surface area contributed by atoms with Gasteiger partial charge in [-0.25, -0.2) is 0 Å². The Morgan fingerprint density at radius 2 is 1.73 bits per heavy atom. The largest absolute Gasteiger partial charge is 0.294 e. The number of carbonyl (C=O) groups excluding carboxylic acids is 3. The van der Waals surface area contributed by atoms with Crippen molar-refractivity contribution >= 4 is 23.4 Å². The van der Waals surface area contributed by atoms with Crippen molar-refractivity contribution in [3.63, 3.8) is 0 Å². The third kappa shape index (κ3) is 1.42. The first-order valence-corrected chi connectivity index (χ1v) is 4.52. The molecule has 0 spiro atoms. The number of hydrogen-bond acceptors (Lipinski definition) is 3. The fourth-order valence-corrected chi connectivity index (χ4v) is 1.56. The van der Waals surface area contributed by atoms with Crippen molar-refractivity contribution in [2.24, 2.45) is 0 Å². The lowest BCUT2D eigenvalue weighted by molar-refractivity contribution is -0.118. The van der Waals surface area contributed by atoms with E-state index >= 15 is 0 Å². The molecule has 0 aromatic heterocycles. The van der Waals surface area contributed by atoms with Gasteiger partial charge in [0.15, 0.2) is 5.78 Å². The van der Waals surface area contributed by atoms with Crippen LogP contribution in [0.1, 0.15) is 22.8 Å². The number of benzene rings is 1. The first-order chi connectivity index (χ1) is 7.11. The summed E-state index contributed by atoms with van der Waals surface area (Å²) in [5.74, 6) is -1.68. The lowest BCUT2D eigenvalue weighted by atomic mass is 9.89. The fraction of sp³-hybridized carbons (Fsp3) is 0.0833. The van der Waals surface area contributed by atoms with E-state index in [0.717, 1.165) is 0 Å². The van der Waals surface area contributed by atoms with Gasteiger partial charge in [-0.05, 0) is 18.6 Å². The minimum Gasteiger partial charge on any atom is -0.294 e. The third-order valence-corrected chi connectivity index (χ3v) is 2.34. The Hall–Kier alpha value is -2.03. The number of rotatable bonds is 1. The summed E-state index contributed by atoms with van der Waals surface area (Å²) in [6.45, 7) is 1.28. The van der Waals surface area contributed by atoms with Crippen LogP contribution in [-0.2, 0) is 9.59 Å². The predicted molar refractivity (Wildman–Crippen MR) is 54.4 cm³/mol. The number of Topliss-reactive ketones (excluding diaryl/α,β-unsaturated/α-hetero) is 3. The Labute approximate surface area is 86.4 Å². The van der Waals surface area contributed by atoms with Crippen molar-refractivity contribution < 1.29 is 14.4 Å². The third-order valence-electron chi connectivity index (χ3n) is 2.34. The summed E-state index contributed by atoms with van der Waals surface area (Å²) in [7, 11) is 0. The van der Waals surface area contributed by atoms with Gasteiger partial charge in [-0.15, -0.1) is 0 Å². The van der Waals surface area contributed by atoms with Crippen molar-refractivity contribution in [2.75, 3.05) is 0 Å². The molecule has 0 aliphatic heterocycles. The van der Waals surface area contributed by atoms with Crippen LogP contribution < -0.4 is 0 Å². The summed E-state index contributed by atoms with van der Waals surface area (Å²) in [5.41, 5.74) is 0.971. The summed E-state index contributed by atoms with van der Waals surface area (Å²) in [4.78, 5) is 34.2. The molecule has 1 aromatic rings. The first kappa shape index (κ1) is 9.52. The summed E-state index contributed by atoms with van der Waals surface area (Å²) in [6, 6.07) is 6.75. The van der Waals surface area contributed by atoms with Gasteiger partial charge in [-0.1, -0.05) is 24.3 Å². The highest BCUT2D eigenvalue weighted by molar-refractivity contribution is 6.56. The van der Waals surface area contributed by atoms with Gasteiger partial charge in [0.05, 0.1) is 5.57 Å². The molecule has 1 aliphatic rings. The minimum atomic E-state index is -0.707. The molecule has 2 rings (SSSR count). The molecule has 1 aromatic carbocycles. The molecule has 74 valence electrons. The Morgan fingerprint density at radius 3 is 2.40 bits per heavy atom. The van der Waals surface area contributed by atoms with Gasteiger partial charge in [0.25, 0.3) is 0 Å². The van der Waals surface area contributed by atoms with Crippen LogP contribution in [0.2, 0.25) is 0 Å². The van der Waals surface area contributed by atoms with E-state index < -0.39 is 11.6 Å². The highest BCUT2D eigenvalue weighted by Crippen LogP contribution is 2.21. The molecule has 15 heavy (non-hydrogen) atoms. The molecule has 0 fully saturated rings. The van der Waals surface area contributed by atoms with Gasteiger partial charge >= 0.3 is 0 Å². The van der Waals surface area contributed by atoms with Crippen LogP contribution in [0.5, 0.6) is 0 Å². The van der Waals surface area contributed by atoms with Crippen LogP contribution in [0.4, 0.5) is 0 Å². The minimum absolute atomic E-state index is 0.0290. The molecular formula is C12H8O3. The number of ketones is 3. The average molecular weight is 200 g/mol. The molecule has 0 bridgehead atoms. The van der Waals surface area contributed by atoms with Gasteiger partial charge in [0.2, 0.25) is 11.6 Å². The lowest BCUT2D eigenvalue weighted by Gasteiger charge is -2.11. The standard InChI is InChI=1S/C12H8O3/c1-7(13)10-6-8-4-2-3-5-9(8)11(14)12(10)15/h2-6H,1H3. The van der Waals surface area contributed by atoms with E-state index in [4.69, 9.17) is 0 Å². The Bertz CT molecular complexity index is 509. The van der Waals surface area contributed by atoms with E-state index in [1.165, 1.54) is 13.0 Å². The van der Waals surface area contributed by atoms with Gasteiger partial charge in [0.1, 0.15) is 0 Å². The topological polar surface area (TPSA) is 51.2 Å². The smallest absolute Gasteiger partial charge is 0.237 e. The van der Waals surface area contributed by atoms with Crippen LogP contribution in [0.15, 0.2) is 29.8 Å². The lowest BCUT2D eigenvalue weighted by Crippen LogP contribution is -2.24. The summed E-state index contributed by atoms with van der Waals surface area (Å²) >= 11 is 0. The Kier molecular flexibility index (Phi) is 2.08. The van der Waals surface area contributed by atoms with Crippen molar-refractivity contribution in [1.29, 1.82) is 0 Å². The maximum atomic E-state index is 11.6. The van der Waals surface area contributed by atoms with Crippen LogP contribution in [-0.4, -0.2) is 17.3 Å². The van der Waals surface area contributed by atoms with Crippen LogP contribution in [0, 0.1) is 0 Å². The van der Waals surface area contributed by atoms with Crippen molar-refractivity contribution in [3.8, 4) is 0 Å². The molecule has 1 aliphatic carbocycles. The summed E-state index contributed by atoms with van der Waals surface area (Å²) in [5, 5.41) is 0. The van der Waals surface area contributed by atoms with Gasteiger partial charge in [-0.2, -0.15) is 0 Å². The molecule has 0 heterocycles. The SMILES string of the molecule is CC(=O)C1=Cc2ccccc2C(=O)C1=O. The summed E-state index contributed by atoms with van der Waals surface area (Å²) in [6.07, 6.45) is 1.47. The highest BCUT2D eigenvalue weighted by Gasteiger charge is 2.29. The molecule has 0 saturated heterocycles. The zero-order valence-corrected chi connectivity index (χ0v) is 8.11. The number of fused-ring (bicyclic) bond motifs is 1. The van der Waals surface area contributed by atoms with Crippen molar-refractivity contribution in [2.45, 2.75) is 6.92 Å². The normalized spacial score (nSPS) is 14.6. The average Bonchev–Trinajstić information content (AvgIpc) is 2.23. The predicted octanol–water partition coefficient (Wildman–Crippen LogP) is 1.42. The van der Waals surface area contributed by atoms with E-state index in [2.05, 4.69) is 0 Å². The van der Waals surface area contributed by atoms with Gasteiger partial charge in [-0.3, -0.25) is 14.4 Å². The molecular weight excluding hydrogens is 192 g/mol. The Balaban J connectivity index is 2.67. The molecule has 0 amide bonds. The van der Waals surface area contributed by atoms with E-state index in [0.29, 0.717) is 11.1 Å².